The van der Waals surface area contributed by atoms with Gasteiger partial charge in [0, 0.05) is 18.0 Å². The monoisotopic (exact) mass is 375 g/mol. The maximum Gasteiger partial charge on any atom is 0.227 e. The van der Waals surface area contributed by atoms with Gasteiger partial charge in [-0.25, -0.2) is 0 Å². The zero-order valence-electron chi connectivity index (χ0n) is 14.6. The van der Waals surface area contributed by atoms with Crippen molar-refractivity contribution in [3.05, 3.63) is 59.1 Å². The van der Waals surface area contributed by atoms with Gasteiger partial charge in [0.05, 0.1) is 20.1 Å². The molecule has 0 aliphatic carbocycles. The number of halogens is 1. The Kier molecular flexibility index (Phi) is 6.01. The molecule has 1 amide bonds. The second-order valence-corrected chi connectivity index (χ2v) is 6.77. The summed E-state index contributed by atoms with van der Waals surface area (Å²) >= 11 is 5.87. The van der Waals surface area contributed by atoms with Gasteiger partial charge in [0.25, 0.3) is 0 Å². The molecule has 1 N–H and O–H groups in total. The summed E-state index contributed by atoms with van der Waals surface area (Å²) in [7, 11) is 1.60. The molecule has 0 bridgehead atoms. The summed E-state index contributed by atoms with van der Waals surface area (Å²) in [4.78, 5) is 14.2. The van der Waals surface area contributed by atoms with Gasteiger partial charge in [0.2, 0.25) is 5.91 Å². The van der Waals surface area contributed by atoms with E-state index in [4.69, 9.17) is 21.1 Å². The first-order valence-electron chi connectivity index (χ1n) is 8.56. The third-order valence-corrected chi connectivity index (χ3v) is 4.72. The highest BCUT2D eigenvalue weighted by Gasteiger charge is 2.31. The number of aliphatic hydroxyl groups is 1. The van der Waals surface area contributed by atoms with Crippen LogP contribution in [0.2, 0.25) is 5.02 Å². The fraction of sp³-hybridized carbons (Fsp3) is 0.350. The molecule has 2 aromatic carbocycles. The lowest BCUT2D eigenvalue weighted by Gasteiger charge is -2.36. The molecule has 26 heavy (non-hydrogen) atoms. The van der Waals surface area contributed by atoms with Crippen LogP contribution in [0, 0.1) is 0 Å². The minimum absolute atomic E-state index is 0.0118. The van der Waals surface area contributed by atoms with E-state index in [1.54, 1.807) is 36.3 Å². The Morgan fingerprint density at radius 1 is 1.23 bits per heavy atom. The lowest BCUT2D eigenvalue weighted by molar-refractivity contribution is -0.136. The molecule has 1 fully saturated rings. The van der Waals surface area contributed by atoms with E-state index >= 15 is 0 Å². The molecular weight excluding hydrogens is 354 g/mol. The van der Waals surface area contributed by atoms with Gasteiger partial charge in [0.1, 0.15) is 23.7 Å². The number of hydrogen-bond donors (Lipinski definition) is 1. The molecule has 0 spiro atoms. The summed E-state index contributed by atoms with van der Waals surface area (Å²) in [5, 5.41) is 11.0. The van der Waals surface area contributed by atoms with E-state index in [2.05, 4.69) is 0 Å². The van der Waals surface area contributed by atoms with E-state index < -0.39 is 6.10 Å². The van der Waals surface area contributed by atoms with Crippen molar-refractivity contribution in [1.29, 1.82) is 0 Å². The van der Waals surface area contributed by atoms with Crippen LogP contribution < -0.4 is 9.47 Å². The number of carbonyl (C=O) groups excluding carboxylic acids is 1. The number of hydrogen-bond acceptors (Lipinski definition) is 4. The summed E-state index contributed by atoms with van der Waals surface area (Å²) in [6.45, 7) is 0.819. The van der Waals surface area contributed by atoms with Crippen LogP contribution in [0.4, 0.5) is 0 Å². The molecule has 0 aromatic heterocycles. The van der Waals surface area contributed by atoms with E-state index in [-0.39, 0.29) is 25.0 Å². The quantitative estimate of drug-likeness (QED) is 0.873. The Balaban J connectivity index is 1.55. The topological polar surface area (TPSA) is 59.0 Å². The summed E-state index contributed by atoms with van der Waals surface area (Å²) in [5.74, 6) is 1.38. The summed E-state index contributed by atoms with van der Waals surface area (Å²) in [6, 6.07) is 14.5. The van der Waals surface area contributed by atoms with Crippen LogP contribution >= 0.6 is 11.6 Å². The summed E-state index contributed by atoms with van der Waals surface area (Å²) < 4.78 is 11.0. The van der Waals surface area contributed by atoms with Gasteiger partial charge in [-0.1, -0.05) is 23.7 Å². The highest BCUT2D eigenvalue weighted by atomic mass is 35.5. The number of β-amino-alcohol motifs (C(OH)–C–C–N with tert-alkyl or cyclic N) is 1. The molecule has 6 heteroatoms. The van der Waals surface area contributed by atoms with Gasteiger partial charge in [0.15, 0.2) is 0 Å². The SMILES string of the molecule is COc1cccc(CC(=O)N2CC[C@@H](Oc3ccc(Cl)cc3)[C@H](O)C2)c1. The average Bonchev–Trinajstić information content (AvgIpc) is 2.65. The fourth-order valence-electron chi connectivity index (χ4n) is 3.03. The van der Waals surface area contributed by atoms with Crippen molar-refractivity contribution < 1.29 is 19.4 Å². The Hall–Kier alpha value is -2.24. The predicted octanol–water partition coefficient (Wildman–Crippen LogP) is 2.93. The van der Waals surface area contributed by atoms with Crippen molar-refractivity contribution in [2.45, 2.75) is 25.0 Å². The van der Waals surface area contributed by atoms with Crippen molar-refractivity contribution in [1.82, 2.24) is 4.90 Å². The maximum atomic E-state index is 12.5. The first-order chi connectivity index (χ1) is 12.5. The van der Waals surface area contributed by atoms with Crippen molar-refractivity contribution >= 4 is 17.5 Å². The van der Waals surface area contributed by atoms with Gasteiger partial charge in [-0.2, -0.15) is 0 Å². The first-order valence-corrected chi connectivity index (χ1v) is 8.94. The number of carbonyl (C=O) groups is 1. The van der Waals surface area contributed by atoms with Crippen LogP contribution in [0.1, 0.15) is 12.0 Å². The molecule has 1 aliphatic rings. The van der Waals surface area contributed by atoms with E-state index in [0.29, 0.717) is 23.7 Å². The largest absolute Gasteiger partial charge is 0.497 e. The number of methoxy groups -OCH3 is 1. The lowest BCUT2D eigenvalue weighted by Crippen LogP contribution is -2.51. The Bertz CT molecular complexity index is 750. The van der Waals surface area contributed by atoms with E-state index in [1.807, 2.05) is 24.3 Å². The number of nitrogens with zero attached hydrogens (tertiary/aromatic N) is 1. The van der Waals surface area contributed by atoms with Gasteiger partial charge in [-0.3, -0.25) is 4.79 Å². The fourth-order valence-corrected chi connectivity index (χ4v) is 3.16. The van der Waals surface area contributed by atoms with Crippen molar-refractivity contribution in [2.24, 2.45) is 0 Å². The Morgan fingerprint density at radius 2 is 2.00 bits per heavy atom. The smallest absolute Gasteiger partial charge is 0.227 e. The Morgan fingerprint density at radius 3 is 2.69 bits per heavy atom. The van der Waals surface area contributed by atoms with Crippen LogP contribution in [0.15, 0.2) is 48.5 Å². The lowest BCUT2D eigenvalue weighted by atomic mass is 10.0. The van der Waals surface area contributed by atoms with Crippen molar-refractivity contribution in [3.63, 3.8) is 0 Å². The predicted molar refractivity (Wildman–Crippen MR) is 99.8 cm³/mol. The molecule has 1 aliphatic heterocycles. The molecule has 5 nitrogen and oxygen atoms in total. The third kappa shape index (κ3) is 4.68. The highest BCUT2D eigenvalue weighted by molar-refractivity contribution is 6.30. The molecule has 0 radical (unpaired) electrons. The minimum atomic E-state index is -0.728. The Labute approximate surface area is 158 Å². The van der Waals surface area contributed by atoms with Crippen LogP contribution in [0.3, 0.4) is 0 Å². The van der Waals surface area contributed by atoms with Gasteiger partial charge in [-0.15, -0.1) is 0 Å². The number of likely N-dealkylation sites (tertiary alicyclic amines) is 1. The minimum Gasteiger partial charge on any atom is -0.497 e. The number of benzene rings is 2. The zero-order chi connectivity index (χ0) is 18.5. The van der Waals surface area contributed by atoms with E-state index in [9.17, 15) is 9.90 Å². The van der Waals surface area contributed by atoms with E-state index in [0.717, 1.165) is 11.3 Å². The number of ether oxygens (including phenoxy) is 2. The number of amides is 1. The normalized spacial score (nSPS) is 19.9. The molecule has 0 unspecified atom stereocenters. The van der Waals surface area contributed by atoms with Crippen LogP contribution in [-0.2, 0) is 11.2 Å². The van der Waals surface area contributed by atoms with Crippen LogP contribution in [-0.4, -0.2) is 48.3 Å². The van der Waals surface area contributed by atoms with Gasteiger partial charge in [-0.05, 0) is 42.0 Å². The average molecular weight is 376 g/mol. The molecule has 0 saturated carbocycles. The van der Waals surface area contributed by atoms with E-state index in [1.165, 1.54) is 0 Å². The van der Waals surface area contributed by atoms with Crippen LogP contribution in [0.5, 0.6) is 11.5 Å². The molecule has 138 valence electrons. The standard InChI is InChI=1S/C20H22ClNO4/c1-25-17-4-2-3-14(11-17)12-20(24)22-10-9-19(18(23)13-22)26-16-7-5-15(21)6-8-16/h2-8,11,18-19,23H,9-10,12-13H2,1H3/t18-,19-/m1/s1. The first kappa shape index (κ1) is 18.5. The zero-order valence-corrected chi connectivity index (χ0v) is 15.4. The molecule has 2 aromatic rings. The second kappa shape index (κ2) is 8.43. The molecule has 2 atom stereocenters. The molecular formula is C20H22ClNO4. The second-order valence-electron chi connectivity index (χ2n) is 6.33. The maximum absolute atomic E-state index is 12.5. The van der Waals surface area contributed by atoms with Gasteiger partial charge >= 0.3 is 0 Å². The van der Waals surface area contributed by atoms with Crippen molar-refractivity contribution in [3.8, 4) is 11.5 Å². The highest BCUT2D eigenvalue weighted by Crippen LogP contribution is 2.22. The van der Waals surface area contributed by atoms with Crippen molar-refractivity contribution in [2.75, 3.05) is 20.2 Å². The molecule has 3 rings (SSSR count). The summed E-state index contributed by atoms with van der Waals surface area (Å²) in [6.07, 6.45) is -0.203. The number of rotatable bonds is 5. The molecule has 1 saturated heterocycles. The number of piperidine rings is 1. The summed E-state index contributed by atoms with van der Waals surface area (Å²) in [5.41, 5.74) is 0.892. The third-order valence-electron chi connectivity index (χ3n) is 4.46. The molecule has 1 heterocycles. The number of aliphatic hydroxyl groups excluding tert-OH is 1. The van der Waals surface area contributed by atoms with Crippen LogP contribution in [0.25, 0.3) is 0 Å². The van der Waals surface area contributed by atoms with Gasteiger partial charge < -0.3 is 19.5 Å².